The van der Waals surface area contributed by atoms with Gasteiger partial charge in [0.15, 0.2) is 0 Å². The Morgan fingerprint density at radius 2 is 2.29 bits per heavy atom. The summed E-state index contributed by atoms with van der Waals surface area (Å²) in [5.41, 5.74) is 3.01. The van der Waals surface area contributed by atoms with Crippen molar-refractivity contribution in [1.82, 2.24) is 15.3 Å². The quantitative estimate of drug-likeness (QED) is 0.831. The van der Waals surface area contributed by atoms with Crippen LogP contribution in [0.1, 0.15) is 16.5 Å². The van der Waals surface area contributed by atoms with Crippen molar-refractivity contribution in [3.63, 3.8) is 0 Å². The number of aromatic nitrogens is 2. The summed E-state index contributed by atoms with van der Waals surface area (Å²) < 4.78 is 0. The summed E-state index contributed by atoms with van der Waals surface area (Å²) in [5.74, 6) is 0. The van der Waals surface area contributed by atoms with Gasteiger partial charge in [0.05, 0.1) is 11.6 Å². The summed E-state index contributed by atoms with van der Waals surface area (Å²) in [6.07, 6.45) is 5.54. The maximum Gasteiger partial charge on any atom is 0.0794 e. The lowest BCUT2D eigenvalue weighted by Crippen LogP contribution is -2.16. The van der Waals surface area contributed by atoms with Crippen LogP contribution in [-0.2, 0) is 0 Å². The number of hydrogen-bond acceptors (Lipinski definition) is 4. The molecule has 0 aliphatic heterocycles. The summed E-state index contributed by atoms with van der Waals surface area (Å²) in [7, 11) is 1.94. The second-order valence-corrected chi connectivity index (χ2v) is 3.83. The molecule has 2 aromatic heterocycles. The van der Waals surface area contributed by atoms with Crippen molar-refractivity contribution in [1.29, 1.82) is 0 Å². The van der Waals surface area contributed by atoms with Crippen molar-refractivity contribution >= 4 is 11.3 Å². The molecule has 4 heteroatoms. The minimum atomic E-state index is 0.205. The van der Waals surface area contributed by atoms with Gasteiger partial charge in [0.2, 0.25) is 0 Å². The molecule has 0 saturated carbocycles. The predicted octanol–water partition coefficient (Wildman–Crippen LogP) is 1.85. The van der Waals surface area contributed by atoms with E-state index in [9.17, 15) is 0 Å². The molecule has 14 heavy (non-hydrogen) atoms. The van der Waals surface area contributed by atoms with Gasteiger partial charge in [0.1, 0.15) is 0 Å². The number of hydrogen-bond donors (Lipinski definition) is 1. The molecule has 0 spiro atoms. The highest BCUT2D eigenvalue weighted by Crippen LogP contribution is 2.23. The molecule has 2 rings (SSSR count). The molecular weight excluding hydrogens is 194 g/mol. The topological polar surface area (TPSA) is 37.8 Å². The average molecular weight is 205 g/mol. The zero-order valence-electron chi connectivity index (χ0n) is 7.84. The Balaban J connectivity index is 2.31. The van der Waals surface area contributed by atoms with Crippen LogP contribution in [0.15, 0.2) is 36.2 Å². The molecule has 0 fully saturated rings. The Kier molecular flexibility index (Phi) is 2.86. The normalized spacial score (nSPS) is 12.6. The fourth-order valence-electron chi connectivity index (χ4n) is 1.39. The van der Waals surface area contributed by atoms with Gasteiger partial charge in [-0.2, -0.15) is 0 Å². The molecule has 0 bridgehead atoms. The van der Waals surface area contributed by atoms with Crippen LogP contribution in [0.2, 0.25) is 0 Å². The van der Waals surface area contributed by atoms with E-state index in [4.69, 9.17) is 0 Å². The molecule has 2 heterocycles. The van der Waals surface area contributed by atoms with E-state index < -0.39 is 0 Å². The van der Waals surface area contributed by atoms with Gasteiger partial charge in [0.25, 0.3) is 0 Å². The highest BCUT2D eigenvalue weighted by atomic mass is 32.1. The molecule has 72 valence electrons. The zero-order valence-corrected chi connectivity index (χ0v) is 8.66. The maximum absolute atomic E-state index is 4.11. The monoisotopic (exact) mass is 205 g/mol. The van der Waals surface area contributed by atoms with Crippen LogP contribution in [-0.4, -0.2) is 17.0 Å². The molecule has 3 nitrogen and oxygen atoms in total. The molecule has 0 radical (unpaired) electrons. The first-order valence-corrected chi connectivity index (χ1v) is 5.25. The standard InChI is InChI=1S/C10H11N3S/c1-11-10(9-6-13-7-14-9)8-3-2-4-12-5-8/h2-7,10-11H,1H3. The summed E-state index contributed by atoms with van der Waals surface area (Å²) in [6, 6.07) is 4.21. The van der Waals surface area contributed by atoms with Crippen LogP contribution >= 0.6 is 11.3 Å². The lowest BCUT2D eigenvalue weighted by atomic mass is 10.1. The third kappa shape index (κ3) is 1.81. The first kappa shape index (κ1) is 9.30. The summed E-state index contributed by atoms with van der Waals surface area (Å²) in [4.78, 5) is 9.39. The first-order chi connectivity index (χ1) is 6.92. The largest absolute Gasteiger partial charge is 0.309 e. The van der Waals surface area contributed by atoms with E-state index >= 15 is 0 Å². The highest BCUT2D eigenvalue weighted by molar-refractivity contribution is 7.09. The lowest BCUT2D eigenvalue weighted by molar-refractivity contribution is 0.699. The van der Waals surface area contributed by atoms with Crippen LogP contribution < -0.4 is 5.32 Å². The van der Waals surface area contributed by atoms with E-state index in [1.165, 1.54) is 10.4 Å². The number of pyridine rings is 1. The van der Waals surface area contributed by atoms with Gasteiger partial charge in [-0.15, -0.1) is 11.3 Å². The van der Waals surface area contributed by atoms with Crippen molar-refractivity contribution in [2.75, 3.05) is 7.05 Å². The number of nitrogens with zero attached hydrogens (tertiary/aromatic N) is 2. The fourth-order valence-corrected chi connectivity index (χ4v) is 2.14. The fraction of sp³-hybridized carbons (Fsp3) is 0.200. The second kappa shape index (κ2) is 4.30. The van der Waals surface area contributed by atoms with Crippen molar-refractivity contribution in [2.24, 2.45) is 0 Å². The van der Waals surface area contributed by atoms with E-state index in [0.717, 1.165) is 0 Å². The van der Waals surface area contributed by atoms with E-state index in [1.807, 2.05) is 31.0 Å². The van der Waals surface area contributed by atoms with Crippen LogP contribution in [0, 0.1) is 0 Å². The van der Waals surface area contributed by atoms with E-state index in [0.29, 0.717) is 0 Å². The SMILES string of the molecule is CNC(c1cccnc1)c1cncs1. The summed E-state index contributed by atoms with van der Waals surface area (Å²) in [6.45, 7) is 0. The van der Waals surface area contributed by atoms with Crippen molar-refractivity contribution in [2.45, 2.75) is 6.04 Å². The van der Waals surface area contributed by atoms with Gasteiger partial charge < -0.3 is 5.32 Å². The third-order valence-corrected chi connectivity index (χ3v) is 2.88. The van der Waals surface area contributed by atoms with Crippen LogP contribution in [0.5, 0.6) is 0 Å². The Morgan fingerprint density at radius 3 is 2.86 bits per heavy atom. The molecule has 0 aromatic carbocycles. The Bertz CT molecular complexity index is 372. The van der Waals surface area contributed by atoms with Gasteiger partial charge in [-0.25, -0.2) is 0 Å². The minimum Gasteiger partial charge on any atom is -0.309 e. The number of thiazole rings is 1. The average Bonchev–Trinajstić information content (AvgIpc) is 2.74. The molecule has 2 aromatic rings. The van der Waals surface area contributed by atoms with Crippen molar-refractivity contribution in [3.8, 4) is 0 Å². The van der Waals surface area contributed by atoms with E-state index in [1.54, 1.807) is 17.5 Å². The third-order valence-electron chi connectivity index (χ3n) is 2.04. The van der Waals surface area contributed by atoms with Gasteiger partial charge in [-0.05, 0) is 18.7 Å². The van der Waals surface area contributed by atoms with Gasteiger partial charge in [-0.3, -0.25) is 9.97 Å². The van der Waals surface area contributed by atoms with Crippen LogP contribution in [0.25, 0.3) is 0 Å². The summed E-state index contributed by atoms with van der Waals surface area (Å²) in [5, 5.41) is 3.25. The second-order valence-electron chi connectivity index (χ2n) is 2.91. The highest BCUT2D eigenvalue weighted by Gasteiger charge is 2.12. The van der Waals surface area contributed by atoms with Crippen molar-refractivity contribution in [3.05, 3.63) is 46.7 Å². The van der Waals surface area contributed by atoms with Crippen LogP contribution in [0.3, 0.4) is 0 Å². The Hall–Kier alpha value is -1.26. The molecule has 0 amide bonds. The number of nitrogens with one attached hydrogen (secondary N) is 1. The molecule has 0 saturated heterocycles. The molecule has 1 unspecified atom stereocenters. The molecular formula is C10H11N3S. The van der Waals surface area contributed by atoms with E-state index in [2.05, 4.69) is 21.4 Å². The maximum atomic E-state index is 4.11. The van der Waals surface area contributed by atoms with Gasteiger partial charge >= 0.3 is 0 Å². The minimum absolute atomic E-state index is 0.205. The van der Waals surface area contributed by atoms with Gasteiger partial charge in [-0.1, -0.05) is 6.07 Å². The smallest absolute Gasteiger partial charge is 0.0794 e. The molecule has 0 aliphatic rings. The van der Waals surface area contributed by atoms with Crippen molar-refractivity contribution < 1.29 is 0 Å². The predicted molar refractivity (Wildman–Crippen MR) is 57.3 cm³/mol. The first-order valence-electron chi connectivity index (χ1n) is 4.37. The lowest BCUT2D eigenvalue weighted by Gasteiger charge is -2.13. The molecule has 0 aliphatic carbocycles. The number of rotatable bonds is 3. The molecule has 1 atom stereocenters. The van der Waals surface area contributed by atoms with E-state index in [-0.39, 0.29) is 6.04 Å². The zero-order chi connectivity index (χ0) is 9.80. The van der Waals surface area contributed by atoms with Gasteiger partial charge in [0, 0.05) is 23.5 Å². The Morgan fingerprint density at radius 1 is 1.36 bits per heavy atom. The Labute approximate surface area is 86.8 Å². The molecule has 1 N–H and O–H groups in total. The summed E-state index contributed by atoms with van der Waals surface area (Å²) >= 11 is 1.65. The van der Waals surface area contributed by atoms with Crippen LogP contribution in [0.4, 0.5) is 0 Å².